The molecule has 186 valence electrons. The van der Waals surface area contributed by atoms with Crippen LogP contribution in [-0.4, -0.2) is 49.9 Å². The first-order valence-electron chi connectivity index (χ1n) is 11.4. The zero-order valence-corrected chi connectivity index (χ0v) is 20.1. The first kappa shape index (κ1) is 24.2. The van der Waals surface area contributed by atoms with Gasteiger partial charge in [-0.05, 0) is 49.2 Å². The summed E-state index contributed by atoms with van der Waals surface area (Å²) in [7, 11) is 0. The van der Waals surface area contributed by atoms with E-state index in [1.165, 1.54) is 36.5 Å². The van der Waals surface area contributed by atoms with Crippen molar-refractivity contribution in [1.82, 2.24) is 19.7 Å². The van der Waals surface area contributed by atoms with E-state index >= 15 is 4.39 Å². The molecule has 0 atom stereocenters. The number of rotatable bonds is 5. The van der Waals surface area contributed by atoms with E-state index in [1.54, 1.807) is 17.0 Å². The van der Waals surface area contributed by atoms with Gasteiger partial charge in [0.05, 0.1) is 10.6 Å². The van der Waals surface area contributed by atoms with Crippen molar-refractivity contribution in [3.63, 3.8) is 0 Å². The Balaban J connectivity index is 1.55. The number of hydrogen-bond donors (Lipinski definition) is 1. The van der Waals surface area contributed by atoms with Crippen LogP contribution < -0.4 is 4.74 Å². The second kappa shape index (κ2) is 9.87. The summed E-state index contributed by atoms with van der Waals surface area (Å²) in [6.45, 7) is 1.10. The highest BCUT2D eigenvalue weighted by Gasteiger charge is 2.23. The van der Waals surface area contributed by atoms with E-state index < -0.39 is 11.9 Å². The highest BCUT2D eigenvalue weighted by atomic mass is 35.5. The number of ether oxygens (including phenoxy) is 1. The number of hydrogen-bond acceptors (Lipinski definition) is 6. The molecule has 3 heterocycles. The van der Waals surface area contributed by atoms with Crippen LogP contribution in [0.5, 0.6) is 5.75 Å². The van der Waals surface area contributed by atoms with Crippen molar-refractivity contribution < 1.29 is 23.8 Å². The Morgan fingerprint density at radius 1 is 1.16 bits per heavy atom. The van der Waals surface area contributed by atoms with Gasteiger partial charge < -0.3 is 14.7 Å². The number of fused-ring (bicyclic) bond motifs is 1. The molecule has 0 aliphatic carbocycles. The molecule has 2 aromatic heterocycles. The van der Waals surface area contributed by atoms with Gasteiger partial charge in [-0.3, -0.25) is 4.79 Å². The SMILES string of the molecule is N#Cc1cc(-c2cc(C(=O)N3CCCC3)ccc2F)c(OCc2nn(C(=O)O)c3ncccc23)cc1Cl. The molecule has 0 radical (unpaired) electrons. The summed E-state index contributed by atoms with van der Waals surface area (Å²) in [6, 6.07) is 12.1. The van der Waals surface area contributed by atoms with Gasteiger partial charge in [0.15, 0.2) is 5.65 Å². The van der Waals surface area contributed by atoms with Crippen LogP contribution in [0.15, 0.2) is 48.7 Å². The predicted octanol–water partition coefficient (Wildman–Crippen LogP) is 5.10. The maximum atomic E-state index is 15.1. The highest BCUT2D eigenvalue weighted by Crippen LogP contribution is 2.37. The van der Waals surface area contributed by atoms with Crippen LogP contribution in [0.25, 0.3) is 22.2 Å². The molecule has 0 spiro atoms. The molecule has 0 unspecified atom stereocenters. The Morgan fingerprint density at radius 2 is 1.95 bits per heavy atom. The van der Waals surface area contributed by atoms with E-state index in [-0.39, 0.29) is 51.3 Å². The zero-order valence-electron chi connectivity index (χ0n) is 19.3. The van der Waals surface area contributed by atoms with E-state index in [4.69, 9.17) is 16.3 Å². The minimum atomic E-state index is -1.31. The molecule has 0 saturated carbocycles. The van der Waals surface area contributed by atoms with Crippen LogP contribution in [0, 0.1) is 17.1 Å². The Hall–Kier alpha value is -4.49. The monoisotopic (exact) mass is 519 g/mol. The van der Waals surface area contributed by atoms with Gasteiger partial charge in [0.1, 0.15) is 29.9 Å². The lowest BCUT2D eigenvalue weighted by Crippen LogP contribution is -2.27. The van der Waals surface area contributed by atoms with E-state index in [9.17, 15) is 20.0 Å². The van der Waals surface area contributed by atoms with E-state index in [1.807, 2.05) is 6.07 Å². The summed E-state index contributed by atoms with van der Waals surface area (Å²) in [5.74, 6) is -0.678. The number of carbonyl (C=O) groups is 2. The quantitative estimate of drug-likeness (QED) is 0.389. The van der Waals surface area contributed by atoms with Crippen molar-refractivity contribution in [2.45, 2.75) is 19.4 Å². The molecule has 1 amide bonds. The highest BCUT2D eigenvalue weighted by molar-refractivity contribution is 6.32. The summed E-state index contributed by atoms with van der Waals surface area (Å²) in [5, 5.41) is 23.6. The van der Waals surface area contributed by atoms with E-state index in [0.717, 1.165) is 17.5 Å². The van der Waals surface area contributed by atoms with Crippen molar-refractivity contribution in [3.05, 3.63) is 76.3 Å². The molecule has 5 rings (SSSR count). The molecule has 37 heavy (non-hydrogen) atoms. The van der Waals surface area contributed by atoms with Gasteiger partial charge in [0, 0.05) is 47.4 Å². The molecule has 11 heteroatoms. The maximum Gasteiger partial charge on any atom is 0.434 e. The summed E-state index contributed by atoms with van der Waals surface area (Å²) >= 11 is 6.25. The number of pyridine rings is 1. The van der Waals surface area contributed by atoms with Gasteiger partial charge in [-0.25, -0.2) is 14.2 Å². The second-order valence-electron chi connectivity index (χ2n) is 8.44. The fourth-order valence-electron chi connectivity index (χ4n) is 4.34. The number of benzene rings is 2. The number of nitrogens with zero attached hydrogens (tertiary/aromatic N) is 5. The van der Waals surface area contributed by atoms with Crippen molar-refractivity contribution in [2.24, 2.45) is 0 Å². The van der Waals surface area contributed by atoms with Gasteiger partial charge in [0.25, 0.3) is 5.91 Å². The van der Waals surface area contributed by atoms with Crippen LogP contribution in [0.1, 0.15) is 34.5 Å². The Morgan fingerprint density at radius 3 is 2.68 bits per heavy atom. The molecule has 2 aromatic carbocycles. The molecular weight excluding hydrogens is 501 g/mol. The third-order valence-corrected chi connectivity index (χ3v) is 6.46. The smallest absolute Gasteiger partial charge is 0.434 e. The number of carbonyl (C=O) groups excluding carboxylic acids is 1. The lowest BCUT2D eigenvalue weighted by Gasteiger charge is -2.17. The Labute approximate surface area is 215 Å². The Kier molecular flexibility index (Phi) is 6.46. The van der Waals surface area contributed by atoms with Gasteiger partial charge in [-0.1, -0.05) is 11.6 Å². The fourth-order valence-corrected chi connectivity index (χ4v) is 4.53. The normalized spacial score (nSPS) is 13.1. The van der Waals surface area contributed by atoms with Crippen LogP contribution in [0.4, 0.5) is 9.18 Å². The third-order valence-electron chi connectivity index (χ3n) is 6.15. The summed E-state index contributed by atoms with van der Waals surface area (Å²) in [4.78, 5) is 30.3. The predicted molar refractivity (Wildman–Crippen MR) is 132 cm³/mol. The lowest BCUT2D eigenvalue weighted by molar-refractivity contribution is 0.0792. The van der Waals surface area contributed by atoms with Crippen molar-refractivity contribution in [1.29, 1.82) is 5.26 Å². The van der Waals surface area contributed by atoms with Gasteiger partial charge >= 0.3 is 6.09 Å². The minimum Gasteiger partial charge on any atom is -0.486 e. The summed E-state index contributed by atoms with van der Waals surface area (Å²) in [5.41, 5.74) is 1.13. The second-order valence-corrected chi connectivity index (χ2v) is 8.85. The lowest BCUT2D eigenvalue weighted by atomic mass is 9.99. The molecule has 0 bridgehead atoms. The summed E-state index contributed by atoms with van der Waals surface area (Å²) < 4.78 is 21.8. The largest absolute Gasteiger partial charge is 0.486 e. The first-order valence-corrected chi connectivity index (χ1v) is 11.8. The zero-order chi connectivity index (χ0) is 26.1. The number of halogens is 2. The number of carboxylic acid groups (broad SMARTS) is 1. The Bertz CT molecular complexity index is 1590. The average Bonchev–Trinajstić information content (AvgIpc) is 3.56. The van der Waals surface area contributed by atoms with Crippen molar-refractivity contribution in [3.8, 4) is 22.9 Å². The average molecular weight is 520 g/mol. The number of aromatic nitrogens is 3. The van der Waals surface area contributed by atoms with Crippen LogP contribution in [0.3, 0.4) is 0 Å². The van der Waals surface area contributed by atoms with Crippen LogP contribution in [-0.2, 0) is 6.61 Å². The topological polar surface area (TPSA) is 121 Å². The van der Waals surface area contributed by atoms with Crippen LogP contribution >= 0.6 is 11.6 Å². The van der Waals surface area contributed by atoms with Gasteiger partial charge in [0.2, 0.25) is 0 Å². The van der Waals surface area contributed by atoms with E-state index in [0.29, 0.717) is 24.0 Å². The standard InChI is InChI=1S/C26H19ClFN5O4/c27-20-12-23(37-14-22-17-4-3-7-30-24(17)33(31-22)26(35)36)19(11-16(20)13-29)18-10-15(5-6-21(18)28)25(34)32-8-1-2-9-32/h3-7,10-12H,1-2,8-9,14H2,(H,35,36). The molecule has 9 nitrogen and oxygen atoms in total. The molecule has 1 fully saturated rings. The fraction of sp³-hybridized carbons (Fsp3) is 0.192. The number of likely N-dealkylation sites (tertiary alicyclic amines) is 1. The third kappa shape index (κ3) is 4.57. The maximum absolute atomic E-state index is 15.1. The molecule has 1 aliphatic rings. The van der Waals surface area contributed by atoms with Crippen LogP contribution in [0.2, 0.25) is 5.02 Å². The van der Waals surface area contributed by atoms with E-state index in [2.05, 4.69) is 10.1 Å². The van der Waals surface area contributed by atoms with Crippen molar-refractivity contribution in [2.75, 3.05) is 13.1 Å². The number of amides is 1. The van der Waals surface area contributed by atoms with Crippen molar-refractivity contribution >= 4 is 34.6 Å². The molecule has 4 aromatic rings. The molecule has 1 saturated heterocycles. The first-order chi connectivity index (χ1) is 17.9. The van der Waals surface area contributed by atoms with Gasteiger partial charge in [-0.15, -0.1) is 4.68 Å². The minimum absolute atomic E-state index is 0.0656. The summed E-state index contributed by atoms with van der Waals surface area (Å²) in [6.07, 6.45) is 1.98. The molecule has 1 aliphatic heterocycles. The molecular formula is C26H19ClFN5O4. The number of nitriles is 1. The van der Waals surface area contributed by atoms with Gasteiger partial charge in [-0.2, -0.15) is 10.4 Å². The molecule has 1 N–H and O–H groups in total.